The van der Waals surface area contributed by atoms with E-state index in [4.69, 9.17) is 4.74 Å². The fourth-order valence-electron chi connectivity index (χ4n) is 2.17. The molecule has 1 amide bonds. The van der Waals surface area contributed by atoms with E-state index in [9.17, 15) is 9.18 Å². The highest BCUT2D eigenvalue weighted by Crippen LogP contribution is 2.17. The Morgan fingerprint density at radius 2 is 1.96 bits per heavy atom. The molecule has 0 spiro atoms. The number of nitrogens with one attached hydrogen (secondary N) is 1. The van der Waals surface area contributed by atoms with Gasteiger partial charge in [-0.2, -0.15) is 0 Å². The van der Waals surface area contributed by atoms with Crippen LogP contribution in [0, 0.1) is 11.7 Å². The molecule has 0 saturated heterocycles. The number of benzene rings is 1. The van der Waals surface area contributed by atoms with Crippen molar-refractivity contribution in [2.24, 2.45) is 5.92 Å². The minimum atomic E-state index is -0.385. The highest BCUT2D eigenvalue weighted by atomic mass is 19.1. The first-order valence-corrected chi connectivity index (χ1v) is 7.70. The Morgan fingerprint density at radius 3 is 2.67 bits per heavy atom. The maximum atomic E-state index is 13.2. The monoisotopic (exact) mass is 327 g/mol. The van der Waals surface area contributed by atoms with E-state index in [0.29, 0.717) is 23.9 Å². The van der Waals surface area contributed by atoms with Gasteiger partial charge in [-0.15, -0.1) is 0 Å². The smallest absolute Gasteiger partial charge is 0.275 e. The van der Waals surface area contributed by atoms with Gasteiger partial charge in [0.2, 0.25) is 0 Å². The summed E-state index contributed by atoms with van der Waals surface area (Å²) in [6.45, 7) is 4.80. The van der Waals surface area contributed by atoms with Gasteiger partial charge >= 0.3 is 0 Å². The van der Waals surface area contributed by atoms with Gasteiger partial charge in [-0.05, 0) is 42.3 Å². The molecule has 0 saturated carbocycles. The van der Waals surface area contributed by atoms with Crippen LogP contribution in [-0.2, 0) is 0 Å². The number of hydrogen-bond acceptors (Lipinski definition) is 3. The zero-order chi connectivity index (χ0) is 17.1. The Morgan fingerprint density at radius 1 is 1.21 bits per heavy atom. The van der Waals surface area contributed by atoms with E-state index in [0.717, 1.165) is 5.75 Å². The molecule has 0 unspecified atom stereocenters. The van der Waals surface area contributed by atoms with Crippen molar-refractivity contribution in [2.45, 2.75) is 13.8 Å². The minimum absolute atomic E-state index is 0.223. The number of hydrogen-bond donors (Lipinski definition) is 1. The summed E-state index contributed by atoms with van der Waals surface area (Å²) in [7, 11) is 0. The van der Waals surface area contributed by atoms with E-state index < -0.39 is 0 Å². The van der Waals surface area contributed by atoms with Gasteiger partial charge in [0, 0.05) is 18.1 Å². The molecule has 2 aromatic heterocycles. The standard InChI is InChI=1S/C18H18FN3O2/c1-12(2)11-24-15-6-4-14(5-7-15)20-18(23)16-10-22-9-13(19)3-8-17(22)21-16/h3-10,12H,11H2,1-2H3,(H,20,23). The van der Waals surface area contributed by atoms with Crippen molar-refractivity contribution in [3.8, 4) is 5.75 Å². The molecule has 3 aromatic rings. The van der Waals surface area contributed by atoms with Gasteiger partial charge in [-0.1, -0.05) is 13.8 Å². The maximum absolute atomic E-state index is 13.2. The number of fused-ring (bicyclic) bond motifs is 1. The molecule has 124 valence electrons. The van der Waals surface area contributed by atoms with Gasteiger partial charge in [0.1, 0.15) is 22.9 Å². The van der Waals surface area contributed by atoms with Crippen molar-refractivity contribution in [1.82, 2.24) is 9.38 Å². The summed E-state index contributed by atoms with van der Waals surface area (Å²) in [5, 5.41) is 2.76. The van der Waals surface area contributed by atoms with E-state index in [2.05, 4.69) is 24.1 Å². The molecule has 0 bridgehead atoms. The summed E-state index contributed by atoms with van der Waals surface area (Å²) in [5.74, 6) is 0.466. The molecule has 0 atom stereocenters. The van der Waals surface area contributed by atoms with Crippen molar-refractivity contribution < 1.29 is 13.9 Å². The van der Waals surface area contributed by atoms with Gasteiger partial charge in [0.25, 0.3) is 5.91 Å². The number of aromatic nitrogens is 2. The number of rotatable bonds is 5. The number of ether oxygens (including phenoxy) is 1. The van der Waals surface area contributed by atoms with Crippen LogP contribution in [0.2, 0.25) is 0 Å². The number of imidazole rings is 1. The first-order valence-electron chi connectivity index (χ1n) is 7.70. The Balaban J connectivity index is 1.69. The normalized spacial score (nSPS) is 11.0. The van der Waals surface area contributed by atoms with Crippen molar-refractivity contribution in [1.29, 1.82) is 0 Å². The summed E-state index contributed by atoms with van der Waals surface area (Å²) in [5.41, 5.74) is 1.37. The molecular formula is C18H18FN3O2. The fraction of sp³-hybridized carbons (Fsp3) is 0.222. The van der Waals surface area contributed by atoms with E-state index in [-0.39, 0.29) is 17.4 Å². The largest absolute Gasteiger partial charge is 0.493 e. The van der Waals surface area contributed by atoms with Crippen molar-refractivity contribution in [3.05, 3.63) is 60.3 Å². The summed E-state index contributed by atoms with van der Waals surface area (Å²) in [6, 6.07) is 9.97. The summed E-state index contributed by atoms with van der Waals surface area (Å²) >= 11 is 0. The van der Waals surface area contributed by atoms with Crippen LogP contribution < -0.4 is 10.1 Å². The summed E-state index contributed by atoms with van der Waals surface area (Å²) < 4.78 is 20.3. The van der Waals surface area contributed by atoms with Gasteiger partial charge < -0.3 is 14.5 Å². The number of carbonyl (C=O) groups is 1. The average Bonchev–Trinajstić information content (AvgIpc) is 2.97. The third kappa shape index (κ3) is 3.71. The first kappa shape index (κ1) is 16.0. The second-order valence-electron chi connectivity index (χ2n) is 5.92. The zero-order valence-corrected chi connectivity index (χ0v) is 13.5. The number of carbonyl (C=O) groups excluding carboxylic acids is 1. The van der Waals surface area contributed by atoms with Crippen LogP contribution in [0.15, 0.2) is 48.8 Å². The number of amides is 1. The van der Waals surface area contributed by atoms with Gasteiger partial charge in [0.05, 0.1) is 6.61 Å². The second-order valence-corrected chi connectivity index (χ2v) is 5.92. The quantitative estimate of drug-likeness (QED) is 0.776. The predicted molar refractivity (Wildman–Crippen MR) is 89.9 cm³/mol. The Hall–Kier alpha value is -2.89. The van der Waals surface area contributed by atoms with Crippen LogP contribution in [0.4, 0.5) is 10.1 Å². The summed E-state index contributed by atoms with van der Waals surface area (Å²) in [6.07, 6.45) is 2.77. The van der Waals surface area contributed by atoms with E-state index in [1.165, 1.54) is 28.9 Å². The average molecular weight is 327 g/mol. The number of nitrogens with zero attached hydrogens (tertiary/aromatic N) is 2. The minimum Gasteiger partial charge on any atom is -0.493 e. The lowest BCUT2D eigenvalue weighted by Crippen LogP contribution is -2.12. The molecule has 5 nitrogen and oxygen atoms in total. The van der Waals surface area contributed by atoms with Crippen molar-refractivity contribution in [2.75, 3.05) is 11.9 Å². The number of halogens is 1. The number of anilines is 1. The second kappa shape index (κ2) is 6.70. The Labute approximate surface area is 139 Å². The van der Waals surface area contributed by atoms with Crippen LogP contribution in [0.1, 0.15) is 24.3 Å². The molecule has 0 fully saturated rings. The molecule has 0 radical (unpaired) electrons. The van der Waals surface area contributed by atoms with Gasteiger partial charge in [-0.25, -0.2) is 9.37 Å². The van der Waals surface area contributed by atoms with Crippen LogP contribution in [0.5, 0.6) is 5.75 Å². The topological polar surface area (TPSA) is 55.6 Å². The SMILES string of the molecule is CC(C)COc1ccc(NC(=O)c2cn3cc(F)ccc3n2)cc1. The maximum Gasteiger partial charge on any atom is 0.275 e. The van der Waals surface area contributed by atoms with Crippen LogP contribution in [0.25, 0.3) is 5.65 Å². The molecule has 3 rings (SSSR count). The van der Waals surface area contributed by atoms with Crippen LogP contribution in [-0.4, -0.2) is 21.9 Å². The van der Waals surface area contributed by atoms with E-state index >= 15 is 0 Å². The molecule has 0 aliphatic carbocycles. The lowest BCUT2D eigenvalue weighted by Gasteiger charge is -2.09. The number of pyridine rings is 1. The van der Waals surface area contributed by atoms with E-state index in [1.807, 2.05) is 0 Å². The lowest BCUT2D eigenvalue weighted by molar-refractivity contribution is 0.102. The predicted octanol–water partition coefficient (Wildman–Crippen LogP) is 3.76. The molecule has 0 aliphatic heterocycles. The summed E-state index contributed by atoms with van der Waals surface area (Å²) in [4.78, 5) is 16.4. The van der Waals surface area contributed by atoms with Crippen LogP contribution in [0.3, 0.4) is 0 Å². The van der Waals surface area contributed by atoms with Gasteiger partial charge in [0.15, 0.2) is 0 Å². The third-order valence-electron chi connectivity index (χ3n) is 3.34. The van der Waals surface area contributed by atoms with Gasteiger partial charge in [-0.3, -0.25) is 4.79 Å². The lowest BCUT2D eigenvalue weighted by atomic mass is 10.2. The highest BCUT2D eigenvalue weighted by Gasteiger charge is 2.11. The molecule has 1 N–H and O–H groups in total. The fourth-order valence-corrected chi connectivity index (χ4v) is 2.17. The molecule has 2 heterocycles. The molecule has 1 aromatic carbocycles. The Bertz CT molecular complexity index is 856. The van der Waals surface area contributed by atoms with Crippen LogP contribution >= 0.6 is 0 Å². The molecule has 0 aliphatic rings. The van der Waals surface area contributed by atoms with Crippen molar-refractivity contribution in [3.63, 3.8) is 0 Å². The Kier molecular flexibility index (Phi) is 4.46. The third-order valence-corrected chi connectivity index (χ3v) is 3.34. The van der Waals surface area contributed by atoms with E-state index in [1.54, 1.807) is 24.3 Å². The molecular weight excluding hydrogens is 309 g/mol. The first-order chi connectivity index (χ1) is 11.5. The molecule has 6 heteroatoms. The zero-order valence-electron chi connectivity index (χ0n) is 13.5. The van der Waals surface area contributed by atoms with Crippen molar-refractivity contribution >= 4 is 17.2 Å². The molecule has 24 heavy (non-hydrogen) atoms. The highest BCUT2D eigenvalue weighted by molar-refractivity contribution is 6.03.